The van der Waals surface area contributed by atoms with Crippen LogP contribution in [0, 0.1) is 0 Å². The summed E-state index contributed by atoms with van der Waals surface area (Å²) in [5.41, 5.74) is 6.85. The van der Waals surface area contributed by atoms with Gasteiger partial charge >= 0.3 is 6.36 Å². The molecule has 0 aliphatic heterocycles. The SMILES string of the molecule is CCOCCCC(N)Cc1ccc(OC(F)(F)F)cc1. The lowest BCUT2D eigenvalue weighted by Gasteiger charge is -2.13. The van der Waals surface area contributed by atoms with Crippen molar-refractivity contribution in [2.24, 2.45) is 5.73 Å². The molecule has 0 amide bonds. The third-order valence-electron chi connectivity index (χ3n) is 2.72. The summed E-state index contributed by atoms with van der Waals surface area (Å²) in [6.07, 6.45) is -2.33. The molecule has 1 atom stereocenters. The smallest absolute Gasteiger partial charge is 0.406 e. The van der Waals surface area contributed by atoms with Crippen molar-refractivity contribution < 1.29 is 22.6 Å². The van der Waals surface area contributed by atoms with Gasteiger partial charge in [-0.1, -0.05) is 12.1 Å². The molecule has 0 spiro atoms. The molecule has 1 aromatic carbocycles. The molecule has 0 aliphatic carbocycles. The van der Waals surface area contributed by atoms with Crippen LogP contribution < -0.4 is 10.5 Å². The fourth-order valence-corrected chi connectivity index (χ4v) is 1.82. The number of hydrogen-bond acceptors (Lipinski definition) is 3. The van der Waals surface area contributed by atoms with E-state index in [-0.39, 0.29) is 11.8 Å². The summed E-state index contributed by atoms with van der Waals surface area (Å²) in [6, 6.07) is 5.78. The van der Waals surface area contributed by atoms with E-state index >= 15 is 0 Å². The molecule has 2 N–H and O–H groups in total. The molecule has 3 nitrogen and oxygen atoms in total. The third-order valence-corrected chi connectivity index (χ3v) is 2.72. The topological polar surface area (TPSA) is 44.5 Å². The molecule has 0 aromatic heterocycles. The minimum atomic E-state index is -4.66. The predicted molar refractivity (Wildman–Crippen MR) is 70.5 cm³/mol. The first-order valence-corrected chi connectivity index (χ1v) is 6.58. The normalized spacial score (nSPS) is 13.2. The van der Waals surface area contributed by atoms with Gasteiger partial charge in [0.2, 0.25) is 0 Å². The highest BCUT2D eigenvalue weighted by molar-refractivity contribution is 5.27. The minimum absolute atomic E-state index is 0.0233. The second kappa shape index (κ2) is 8.11. The Kier molecular flexibility index (Phi) is 6.81. The Morgan fingerprint density at radius 1 is 1.20 bits per heavy atom. The number of ether oxygens (including phenoxy) is 2. The molecular weight excluding hydrogens is 271 g/mol. The van der Waals surface area contributed by atoms with Crippen LogP contribution >= 0.6 is 0 Å². The van der Waals surface area contributed by atoms with Crippen LogP contribution in [0.3, 0.4) is 0 Å². The quantitative estimate of drug-likeness (QED) is 0.748. The summed E-state index contributed by atoms with van der Waals surface area (Å²) in [6.45, 7) is 3.31. The Morgan fingerprint density at radius 2 is 1.85 bits per heavy atom. The maximum absolute atomic E-state index is 12.0. The van der Waals surface area contributed by atoms with Crippen LogP contribution in [0.1, 0.15) is 25.3 Å². The van der Waals surface area contributed by atoms with Crippen molar-refractivity contribution in [1.29, 1.82) is 0 Å². The molecule has 0 heterocycles. The molecule has 0 aliphatic rings. The Bertz CT molecular complexity index is 379. The lowest BCUT2D eigenvalue weighted by Crippen LogP contribution is -2.23. The van der Waals surface area contributed by atoms with Crippen molar-refractivity contribution >= 4 is 0 Å². The first-order chi connectivity index (χ1) is 9.40. The van der Waals surface area contributed by atoms with Gasteiger partial charge in [0.1, 0.15) is 5.75 Å². The summed E-state index contributed by atoms with van der Waals surface area (Å²) in [7, 11) is 0. The average molecular weight is 291 g/mol. The van der Waals surface area contributed by atoms with Gasteiger partial charge in [-0.2, -0.15) is 0 Å². The Hall–Kier alpha value is -1.27. The highest BCUT2D eigenvalue weighted by atomic mass is 19.4. The Morgan fingerprint density at radius 3 is 2.40 bits per heavy atom. The summed E-state index contributed by atoms with van der Waals surface area (Å²) in [4.78, 5) is 0. The molecule has 0 bridgehead atoms. The summed E-state index contributed by atoms with van der Waals surface area (Å²) in [5, 5.41) is 0. The zero-order chi connectivity index (χ0) is 15.0. The van der Waals surface area contributed by atoms with E-state index in [9.17, 15) is 13.2 Å². The molecule has 1 aromatic rings. The van der Waals surface area contributed by atoms with Gasteiger partial charge in [0.15, 0.2) is 0 Å². The Balaban J connectivity index is 2.37. The molecule has 0 radical (unpaired) electrons. The zero-order valence-corrected chi connectivity index (χ0v) is 11.5. The van der Waals surface area contributed by atoms with E-state index in [2.05, 4.69) is 4.74 Å². The highest BCUT2D eigenvalue weighted by Gasteiger charge is 2.30. The maximum Gasteiger partial charge on any atom is 0.573 e. The maximum atomic E-state index is 12.0. The van der Waals surface area contributed by atoms with E-state index in [0.717, 1.165) is 18.4 Å². The molecule has 0 saturated carbocycles. The van der Waals surface area contributed by atoms with E-state index < -0.39 is 6.36 Å². The van der Waals surface area contributed by atoms with Crippen LogP contribution in [0.4, 0.5) is 13.2 Å². The van der Waals surface area contributed by atoms with Crippen molar-refractivity contribution in [3.63, 3.8) is 0 Å². The lowest BCUT2D eigenvalue weighted by atomic mass is 10.0. The zero-order valence-electron chi connectivity index (χ0n) is 11.5. The average Bonchev–Trinajstić information content (AvgIpc) is 2.35. The third kappa shape index (κ3) is 7.35. The van der Waals surface area contributed by atoms with Gasteiger partial charge in [0.05, 0.1) is 0 Å². The molecular formula is C14H20F3NO2. The number of halogens is 3. The van der Waals surface area contributed by atoms with Crippen molar-refractivity contribution in [2.75, 3.05) is 13.2 Å². The van der Waals surface area contributed by atoms with Crippen molar-refractivity contribution in [3.8, 4) is 5.75 Å². The van der Waals surface area contributed by atoms with Gasteiger partial charge in [-0.25, -0.2) is 0 Å². The molecule has 1 unspecified atom stereocenters. The van der Waals surface area contributed by atoms with Crippen molar-refractivity contribution in [1.82, 2.24) is 0 Å². The fraction of sp³-hybridized carbons (Fsp3) is 0.571. The second-order valence-electron chi connectivity index (χ2n) is 4.50. The number of hydrogen-bond donors (Lipinski definition) is 1. The summed E-state index contributed by atoms with van der Waals surface area (Å²) >= 11 is 0. The molecule has 20 heavy (non-hydrogen) atoms. The standard InChI is InChI=1S/C14H20F3NO2/c1-2-19-9-3-4-12(18)10-11-5-7-13(8-6-11)20-14(15,16)17/h5-8,12H,2-4,9-10,18H2,1H3. The molecule has 0 fully saturated rings. The van der Waals surface area contributed by atoms with E-state index in [1.807, 2.05) is 6.92 Å². The molecule has 6 heteroatoms. The van der Waals surface area contributed by atoms with Crippen molar-refractivity contribution in [3.05, 3.63) is 29.8 Å². The summed E-state index contributed by atoms with van der Waals surface area (Å²) < 4.78 is 45.0. The van der Waals surface area contributed by atoms with Crippen LogP contribution in [0.5, 0.6) is 5.75 Å². The van der Waals surface area contributed by atoms with Gasteiger partial charge < -0.3 is 15.2 Å². The fourth-order valence-electron chi connectivity index (χ4n) is 1.82. The number of rotatable bonds is 8. The van der Waals surface area contributed by atoms with E-state index in [0.29, 0.717) is 19.6 Å². The number of benzene rings is 1. The number of alkyl halides is 3. The molecule has 0 saturated heterocycles. The van der Waals surface area contributed by atoms with E-state index in [1.165, 1.54) is 12.1 Å². The monoisotopic (exact) mass is 291 g/mol. The van der Waals surface area contributed by atoms with Gasteiger partial charge in [0, 0.05) is 19.3 Å². The van der Waals surface area contributed by atoms with Crippen LogP contribution in [0.15, 0.2) is 24.3 Å². The van der Waals surface area contributed by atoms with Gasteiger partial charge in [-0.05, 0) is 43.9 Å². The van der Waals surface area contributed by atoms with Gasteiger partial charge in [-0.15, -0.1) is 13.2 Å². The second-order valence-corrected chi connectivity index (χ2v) is 4.50. The van der Waals surface area contributed by atoms with Gasteiger partial charge in [-0.3, -0.25) is 0 Å². The first kappa shape index (κ1) is 16.8. The van der Waals surface area contributed by atoms with E-state index in [1.54, 1.807) is 12.1 Å². The van der Waals surface area contributed by atoms with E-state index in [4.69, 9.17) is 10.5 Å². The number of nitrogens with two attached hydrogens (primary N) is 1. The highest BCUT2D eigenvalue weighted by Crippen LogP contribution is 2.23. The first-order valence-electron chi connectivity index (χ1n) is 6.58. The van der Waals surface area contributed by atoms with Crippen LogP contribution in [-0.4, -0.2) is 25.6 Å². The van der Waals surface area contributed by atoms with Crippen LogP contribution in [-0.2, 0) is 11.2 Å². The molecule has 114 valence electrons. The Labute approximate surface area is 116 Å². The molecule has 1 rings (SSSR count). The lowest BCUT2D eigenvalue weighted by molar-refractivity contribution is -0.274. The van der Waals surface area contributed by atoms with Crippen LogP contribution in [0.25, 0.3) is 0 Å². The van der Waals surface area contributed by atoms with Crippen molar-refractivity contribution in [2.45, 2.75) is 38.6 Å². The predicted octanol–water partition coefficient (Wildman–Crippen LogP) is 3.27. The summed E-state index contributed by atoms with van der Waals surface area (Å²) in [5.74, 6) is -0.217. The largest absolute Gasteiger partial charge is 0.573 e. The minimum Gasteiger partial charge on any atom is -0.406 e. The van der Waals surface area contributed by atoms with Crippen LogP contribution in [0.2, 0.25) is 0 Å². The van der Waals surface area contributed by atoms with Gasteiger partial charge in [0.25, 0.3) is 0 Å².